The van der Waals surface area contributed by atoms with Crippen LogP contribution in [-0.2, 0) is 5.41 Å². The molecule has 4 heteroatoms. The van der Waals surface area contributed by atoms with E-state index in [9.17, 15) is 4.79 Å². The summed E-state index contributed by atoms with van der Waals surface area (Å²) in [6, 6.07) is 13.7. The monoisotopic (exact) mass is 332 g/mol. The van der Waals surface area contributed by atoms with Crippen molar-refractivity contribution in [3.8, 4) is 0 Å². The summed E-state index contributed by atoms with van der Waals surface area (Å²) >= 11 is 3.34. The van der Waals surface area contributed by atoms with Gasteiger partial charge < -0.3 is 5.32 Å². The van der Waals surface area contributed by atoms with E-state index < -0.39 is 0 Å². The highest BCUT2D eigenvalue weighted by atomic mass is 79.9. The molecule has 1 amide bonds. The average Bonchev–Trinajstić information content (AvgIpc) is 2.46. The zero-order valence-electron chi connectivity index (χ0n) is 11.6. The summed E-state index contributed by atoms with van der Waals surface area (Å²) in [6.45, 7) is 4.77. The van der Waals surface area contributed by atoms with Crippen molar-refractivity contribution in [2.24, 2.45) is 0 Å². The van der Waals surface area contributed by atoms with Crippen LogP contribution in [0.2, 0.25) is 0 Å². The molecule has 0 aliphatic heterocycles. The molecule has 104 valence electrons. The third-order valence-electron chi connectivity index (χ3n) is 3.22. The second kappa shape index (κ2) is 6.18. The highest BCUT2D eigenvalue weighted by molar-refractivity contribution is 9.10. The molecule has 0 aliphatic rings. The van der Waals surface area contributed by atoms with Gasteiger partial charge in [-0.15, -0.1) is 0 Å². The smallest absolute Gasteiger partial charge is 0.271 e. The van der Waals surface area contributed by atoms with Gasteiger partial charge in [0.1, 0.15) is 5.69 Å². The van der Waals surface area contributed by atoms with Crippen LogP contribution in [0, 0.1) is 0 Å². The first kappa shape index (κ1) is 14.7. The number of benzene rings is 1. The summed E-state index contributed by atoms with van der Waals surface area (Å²) in [5.74, 6) is -0.165. The minimum atomic E-state index is -0.165. The number of carbonyl (C=O) groups excluding carboxylic acids is 1. The van der Waals surface area contributed by atoms with Crippen LogP contribution in [0.3, 0.4) is 0 Å². The number of amides is 1. The second-order valence-electron chi connectivity index (χ2n) is 5.27. The maximum absolute atomic E-state index is 12.1. The Morgan fingerprint density at radius 2 is 1.90 bits per heavy atom. The maximum Gasteiger partial charge on any atom is 0.271 e. The molecule has 2 aromatic rings. The van der Waals surface area contributed by atoms with Crippen LogP contribution in [0.25, 0.3) is 0 Å². The number of halogens is 1. The van der Waals surface area contributed by atoms with E-state index in [-0.39, 0.29) is 11.3 Å². The summed E-state index contributed by atoms with van der Waals surface area (Å²) in [7, 11) is 0. The minimum Gasteiger partial charge on any atom is -0.350 e. The Morgan fingerprint density at radius 3 is 2.55 bits per heavy atom. The van der Waals surface area contributed by atoms with Crippen molar-refractivity contribution >= 4 is 21.8 Å². The molecule has 1 aromatic carbocycles. The third-order valence-corrected chi connectivity index (χ3v) is 3.86. The molecule has 20 heavy (non-hydrogen) atoms. The molecule has 0 spiro atoms. The fraction of sp³-hybridized carbons (Fsp3) is 0.250. The number of nitrogens with one attached hydrogen (secondary N) is 1. The first-order chi connectivity index (χ1) is 9.50. The van der Waals surface area contributed by atoms with Crippen LogP contribution in [0.15, 0.2) is 53.1 Å². The van der Waals surface area contributed by atoms with Crippen LogP contribution in [-0.4, -0.2) is 17.4 Å². The molecule has 0 saturated carbocycles. The molecular formula is C16H17BrN2O. The van der Waals surface area contributed by atoms with E-state index in [1.165, 1.54) is 5.56 Å². The van der Waals surface area contributed by atoms with E-state index in [1.54, 1.807) is 12.3 Å². The Labute approximate surface area is 127 Å². The van der Waals surface area contributed by atoms with Gasteiger partial charge in [-0.2, -0.15) is 0 Å². The molecule has 0 atom stereocenters. The molecule has 1 aromatic heterocycles. The second-order valence-corrected chi connectivity index (χ2v) is 6.12. The Morgan fingerprint density at radius 1 is 1.20 bits per heavy atom. The van der Waals surface area contributed by atoms with Crippen LogP contribution in [0.1, 0.15) is 29.9 Å². The Hall–Kier alpha value is -1.68. The standard InChI is InChI=1S/C16H17BrN2O/c1-16(2,12-7-4-3-5-8-12)11-19-15(20)14-13(17)9-6-10-18-14/h3-10H,11H2,1-2H3,(H,19,20). The molecular weight excluding hydrogens is 316 g/mol. The molecule has 3 nitrogen and oxygen atoms in total. The van der Waals surface area contributed by atoms with E-state index in [2.05, 4.69) is 52.2 Å². The number of hydrogen-bond donors (Lipinski definition) is 1. The molecule has 2 rings (SSSR count). The summed E-state index contributed by atoms with van der Waals surface area (Å²) in [4.78, 5) is 16.2. The van der Waals surface area contributed by atoms with Crippen molar-refractivity contribution in [2.45, 2.75) is 19.3 Å². The van der Waals surface area contributed by atoms with Crippen molar-refractivity contribution in [3.63, 3.8) is 0 Å². The highest BCUT2D eigenvalue weighted by Gasteiger charge is 2.22. The number of carbonyl (C=O) groups is 1. The maximum atomic E-state index is 12.1. The van der Waals surface area contributed by atoms with E-state index in [0.717, 1.165) is 0 Å². The zero-order chi connectivity index (χ0) is 14.6. The fourth-order valence-corrected chi connectivity index (χ4v) is 2.36. The lowest BCUT2D eigenvalue weighted by Crippen LogP contribution is -2.37. The molecule has 1 N–H and O–H groups in total. The quantitative estimate of drug-likeness (QED) is 0.930. The number of nitrogens with zero attached hydrogens (tertiary/aromatic N) is 1. The van der Waals surface area contributed by atoms with Gasteiger partial charge in [0.05, 0.1) is 0 Å². The van der Waals surface area contributed by atoms with Gasteiger partial charge in [-0.1, -0.05) is 44.2 Å². The van der Waals surface area contributed by atoms with E-state index in [1.807, 2.05) is 24.3 Å². The molecule has 0 fully saturated rings. The normalized spacial score (nSPS) is 11.2. The number of aromatic nitrogens is 1. The van der Waals surface area contributed by atoms with Gasteiger partial charge in [0.25, 0.3) is 5.91 Å². The molecule has 0 radical (unpaired) electrons. The van der Waals surface area contributed by atoms with Gasteiger partial charge in [0.2, 0.25) is 0 Å². The van der Waals surface area contributed by atoms with Gasteiger partial charge in [-0.05, 0) is 33.6 Å². The summed E-state index contributed by atoms with van der Waals surface area (Å²) < 4.78 is 0.704. The van der Waals surface area contributed by atoms with Crippen LogP contribution in [0.5, 0.6) is 0 Å². The van der Waals surface area contributed by atoms with Crippen molar-refractivity contribution in [2.75, 3.05) is 6.54 Å². The highest BCUT2D eigenvalue weighted by Crippen LogP contribution is 2.22. The summed E-state index contributed by atoms with van der Waals surface area (Å²) in [6.07, 6.45) is 1.61. The predicted octanol–water partition coefficient (Wildman–Crippen LogP) is 3.55. The van der Waals surface area contributed by atoms with E-state index in [4.69, 9.17) is 0 Å². The summed E-state index contributed by atoms with van der Waals surface area (Å²) in [5.41, 5.74) is 1.48. The lowest BCUT2D eigenvalue weighted by molar-refractivity contribution is 0.0940. The zero-order valence-corrected chi connectivity index (χ0v) is 13.1. The number of hydrogen-bond acceptors (Lipinski definition) is 2. The van der Waals surface area contributed by atoms with Crippen molar-refractivity contribution in [1.82, 2.24) is 10.3 Å². The first-order valence-electron chi connectivity index (χ1n) is 6.45. The fourth-order valence-electron chi connectivity index (χ4n) is 1.93. The van der Waals surface area contributed by atoms with Gasteiger partial charge in [0.15, 0.2) is 0 Å². The predicted molar refractivity (Wildman–Crippen MR) is 83.7 cm³/mol. The Bertz CT molecular complexity index is 596. The van der Waals surface area contributed by atoms with Crippen LogP contribution in [0.4, 0.5) is 0 Å². The van der Waals surface area contributed by atoms with Gasteiger partial charge in [0, 0.05) is 22.6 Å². The lowest BCUT2D eigenvalue weighted by Gasteiger charge is -2.25. The molecule has 0 aliphatic carbocycles. The number of rotatable bonds is 4. The van der Waals surface area contributed by atoms with E-state index >= 15 is 0 Å². The minimum absolute atomic E-state index is 0.127. The lowest BCUT2D eigenvalue weighted by atomic mass is 9.84. The molecule has 1 heterocycles. The molecule has 0 unspecified atom stereocenters. The van der Waals surface area contributed by atoms with Gasteiger partial charge in [-0.3, -0.25) is 4.79 Å². The van der Waals surface area contributed by atoms with Crippen molar-refractivity contribution in [3.05, 3.63) is 64.4 Å². The summed E-state index contributed by atoms with van der Waals surface area (Å²) in [5, 5.41) is 2.95. The van der Waals surface area contributed by atoms with Crippen LogP contribution >= 0.6 is 15.9 Å². The van der Waals surface area contributed by atoms with Crippen LogP contribution < -0.4 is 5.32 Å². The first-order valence-corrected chi connectivity index (χ1v) is 7.24. The van der Waals surface area contributed by atoms with Gasteiger partial charge >= 0.3 is 0 Å². The average molecular weight is 333 g/mol. The number of pyridine rings is 1. The van der Waals surface area contributed by atoms with E-state index in [0.29, 0.717) is 16.7 Å². The SMILES string of the molecule is CC(C)(CNC(=O)c1ncccc1Br)c1ccccc1. The molecule has 0 bridgehead atoms. The topological polar surface area (TPSA) is 42.0 Å². The third kappa shape index (κ3) is 3.45. The van der Waals surface area contributed by atoms with Gasteiger partial charge in [-0.25, -0.2) is 4.98 Å². The van der Waals surface area contributed by atoms with Crippen molar-refractivity contribution < 1.29 is 4.79 Å². The Kier molecular flexibility index (Phi) is 4.55. The largest absolute Gasteiger partial charge is 0.350 e. The molecule has 0 saturated heterocycles. The van der Waals surface area contributed by atoms with Crippen molar-refractivity contribution in [1.29, 1.82) is 0 Å². The Balaban J connectivity index is 2.05.